The van der Waals surface area contributed by atoms with Gasteiger partial charge in [-0.25, -0.2) is 9.18 Å². The summed E-state index contributed by atoms with van der Waals surface area (Å²) in [6.45, 7) is 0.931. The number of hydrogen-bond donors (Lipinski definition) is 2. The van der Waals surface area contributed by atoms with Crippen LogP contribution < -0.4 is 5.73 Å². The molecule has 116 valence electrons. The summed E-state index contributed by atoms with van der Waals surface area (Å²) >= 11 is 0. The van der Waals surface area contributed by atoms with Crippen molar-refractivity contribution in [2.24, 2.45) is 5.73 Å². The smallest absolute Gasteiger partial charge is 0.379 e. The Morgan fingerprint density at radius 2 is 2.14 bits per heavy atom. The van der Waals surface area contributed by atoms with Gasteiger partial charge in [0.1, 0.15) is 11.9 Å². The molecule has 1 rings (SSSR count). The lowest BCUT2D eigenvalue weighted by atomic mass is 9.99. The van der Waals surface area contributed by atoms with Crippen LogP contribution in [-0.4, -0.2) is 28.5 Å². The number of esters is 1. The maximum absolute atomic E-state index is 13.7. The fraction of sp³-hybridized carbons (Fsp3) is 0.364. The van der Waals surface area contributed by atoms with E-state index in [4.69, 9.17) is 5.73 Å². The molecule has 0 unspecified atom stereocenters. The third-order valence-electron chi connectivity index (χ3n) is 2.55. The van der Waals surface area contributed by atoms with Gasteiger partial charge in [0.05, 0.1) is 17.6 Å². The molecule has 0 amide bonds. The second-order valence-corrected chi connectivity index (χ2v) is 3.94. The Hall–Kier alpha value is -2.36. The number of hydrogen-bond acceptors (Lipinski definition) is 6. The van der Waals surface area contributed by atoms with Crippen LogP contribution in [0.25, 0.3) is 0 Å². The predicted octanol–water partition coefficient (Wildman–Crippen LogP) is 1.64. The SMILES string of the molecule is CCOC(=O)C(F)(F)[C@H](N)c1cc(F)cc([N+](=O)[O-])c1O. The number of nitrogens with two attached hydrogens (primary N) is 1. The third-order valence-corrected chi connectivity index (χ3v) is 2.55. The van der Waals surface area contributed by atoms with Crippen molar-refractivity contribution in [1.82, 2.24) is 0 Å². The fourth-order valence-electron chi connectivity index (χ4n) is 1.53. The molecule has 0 aliphatic carbocycles. The van der Waals surface area contributed by atoms with Crippen molar-refractivity contribution in [1.29, 1.82) is 0 Å². The highest BCUT2D eigenvalue weighted by atomic mass is 19.3. The Labute approximate surface area is 116 Å². The van der Waals surface area contributed by atoms with Crippen LogP contribution in [0.2, 0.25) is 0 Å². The van der Waals surface area contributed by atoms with Gasteiger partial charge in [-0.05, 0) is 13.0 Å². The summed E-state index contributed by atoms with van der Waals surface area (Å²) in [5.41, 5.74) is 3.03. The first-order valence-electron chi connectivity index (χ1n) is 5.60. The second-order valence-electron chi connectivity index (χ2n) is 3.94. The summed E-state index contributed by atoms with van der Waals surface area (Å²) in [4.78, 5) is 20.6. The Morgan fingerprint density at radius 3 is 2.62 bits per heavy atom. The molecule has 7 nitrogen and oxygen atoms in total. The highest BCUT2D eigenvalue weighted by molar-refractivity contribution is 5.79. The quantitative estimate of drug-likeness (QED) is 0.485. The van der Waals surface area contributed by atoms with Gasteiger partial charge < -0.3 is 15.6 Å². The minimum atomic E-state index is -4.30. The number of halogens is 3. The molecular formula is C11H11F3N2O5. The number of carbonyl (C=O) groups is 1. The zero-order chi connectivity index (χ0) is 16.4. The van der Waals surface area contributed by atoms with Crippen molar-refractivity contribution in [2.45, 2.75) is 18.9 Å². The van der Waals surface area contributed by atoms with E-state index in [-0.39, 0.29) is 6.61 Å². The molecule has 1 aromatic carbocycles. The molecule has 0 saturated heterocycles. The summed E-state index contributed by atoms with van der Waals surface area (Å²) in [5.74, 6) is -8.78. The van der Waals surface area contributed by atoms with E-state index in [1.165, 1.54) is 6.92 Å². The highest BCUT2D eigenvalue weighted by Gasteiger charge is 2.49. The van der Waals surface area contributed by atoms with E-state index in [0.717, 1.165) is 0 Å². The maximum Gasteiger partial charge on any atom is 0.379 e. The molecule has 0 aromatic heterocycles. The maximum atomic E-state index is 13.7. The van der Waals surface area contributed by atoms with Crippen LogP contribution in [0.3, 0.4) is 0 Å². The van der Waals surface area contributed by atoms with Crippen LogP contribution in [0.1, 0.15) is 18.5 Å². The molecule has 0 fully saturated rings. The standard InChI is InChI=1S/C11H11F3N2O5/c1-2-21-10(18)11(13,14)9(15)6-3-5(12)4-7(8(6)17)16(19)20/h3-4,9,17H,2,15H2,1H3/t9-/m1/s1. The van der Waals surface area contributed by atoms with Crippen LogP contribution in [0.5, 0.6) is 5.75 Å². The van der Waals surface area contributed by atoms with Crippen LogP contribution in [-0.2, 0) is 9.53 Å². The van der Waals surface area contributed by atoms with E-state index in [9.17, 15) is 33.2 Å². The first kappa shape index (κ1) is 16.7. The zero-order valence-electron chi connectivity index (χ0n) is 10.7. The molecule has 3 N–H and O–H groups in total. The number of ether oxygens (including phenoxy) is 1. The van der Waals surface area contributed by atoms with Gasteiger partial charge in [-0.3, -0.25) is 10.1 Å². The molecule has 0 aliphatic heterocycles. The number of phenols is 1. The van der Waals surface area contributed by atoms with E-state index in [0.29, 0.717) is 12.1 Å². The van der Waals surface area contributed by atoms with E-state index < -0.39 is 45.7 Å². The van der Waals surface area contributed by atoms with Gasteiger partial charge in [0.25, 0.3) is 0 Å². The number of benzene rings is 1. The predicted molar refractivity (Wildman–Crippen MR) is 63.2 cm³/mol. The lowest BCUT2D eigenvalue weighted by Gasteiger charge is -2.22. The van der Waals surface area contributed by atoms with Crippen molar-refractivity contribution in [2.75, 3.05) is 6.61 Å². The normalized spacial score (nSPS) is 12.8. The molecule has 0 radical (unpaired) electrons. The number of phenolic OH excluding ortho intramolecular Hbond substituents is 1. The van der Waals surface area contributed by atoms with Crippen LogP contribution in [0, 0.1) is 15.9 Å². The zero-order valence-corrected chi connectivity index (χ0v) is 10.7. The Morgan fingerprint density at radius 1 is 1.57 bits per heavy atom. The highest BCUT2D eigenvalue weighted by Crippen LogP contribution is 2.39. The molecule has 21 heavy (non-hydrogen) atoms. The van der Waals surface area contributed by atoms with Gasteiger partial charge in [0, 0.05) is 5.56 Å². The molecule has 0 saturated carbocycles. The van der Waals surface area contributed by atoms with Crippen molar-refractivity contribution in [3.05, 3.63) is 33.6 Å². The van der Waals surface area contributed by atoms with Gasteiger partial charge in [-0.1, -0.05) is 0 Å². The van der Waals surface area contributed by atoms with Crippen LogP contribution in [0.4, 0.5) is 18.9 Å². The van der Waals surface area contributed by atoms with Crippen molar-refractivity contribution < 1.29 is 32.7 Å². The number of nitro groups is 1. The lowest BCUT2D eigenvalue weighted by Crippen LogP contribution is -2.41. The summed E-state index contributed by atoms with van der Waals surface area (Å²) in [5, 5.41) is 20.1. The summed E-state index contributed by atoms with van der Waals surface area (Å²) < 4.78 is 44.8. The Bertz CT molecular complexity index is 579. The molecule has 0 bridgehead atoms. The topological polar surface area (TPSA) is 116 Å². The van der Waals surface area contributed by atoms with Crippen molar-refractivity contribution in [3.8, 4) is 5.75 Å². The minimum absolute atomic E-state index is 0.341. The van der Waals surface area contributed by atoms with Crippen molar-refractivity contribution in [3.63, 3.8) is 0 Å². The van der Waals surface area contributed by atoms with E-state index in [1.54, 1.807) is 0 Å². The fourth-order valence-corrected chi connectivity index (χ4v) is 1.53. The number of carbonyl (C=O) groups excluding carboxylic acids is 1. The lowest BCUT2D eigenvalue weighted by molar-refractivity contribution is -0.386. The Kier molecular flexibility index (Phi) is 4.73. The average Bonchev–Trinajstić information content (AvgIpc) is 2.40. The van der Waals surface area contributed by atoms with Gasteiger partial charge in [0.15, 0.2) is 5.75 Å². The van der Waals surface area contributed by atoms with Gasteiger partial charge in [-0.15, -0.1) is 0 Å². The third kappa shape index (κ3) is 3.21. The van der Waals surface area contributed by atoms with Crippen molar-refractivity contribution >= 4 is 11.7 Å². The van der Waals surface area contributed by atoms with E-state index in [1.807, 2.05) is 0 Å². The molecule has 0 heterocycles. The monoisotopic (exact) mass is 308 g/mol. The largest absolute Gasteiger partial charge is 0.502 e. The van der Waals surface area contributed by atoms with Gasteiger partial charge in [-0.2, -0.15) is 8.78 Å². The number of aromatic hydroxyl groups is 1. The van der Waals surface area contributed by atoms with Gasteiger partial charge >= 0.3 is 17.6 Å². The summed E-state index contributed by atoms with van der Waals surface area (Å²) in [6.07, 6.45) is 0. The number of nitro benzene ring substituents is 1. The Balaban J connectivity index is 3.33. The average molecular weight is 308 g/mol. The van der Waals surface area contributed by atoms with Crippen LogP contribution in [0.15, 0.2) is 12.1 Å². The number of nitrogens with zero attached hydrogens (tertiary/aromatic N) is 1. The van der Waals surface area contributed by atoms with E-state index in [2.05, 4.69) is 4.74 Å². The first-order chi connectivity index (χ1) is 9.62. The van der Waals surface area contributed by atoms with E-state index >= 15 is 0 Å². The van der Waals surface area contributed by atoms with Crippen LogP contribution >= 0.6 is 0 Å². The number of rotatable bonds is 5. The molecule has 0 spiro atoms. The molecule has 0 aliphatic rings. The second kappa shape index (κ2) is 5.95. The number of alkyl halides is 2. The molecule has 10 heteroatoms. The first-order valence-corrected chi connectivity index (χ1v) is 5.60. The molecular weight excluding hydrogens is 297 g/mol. The summed E-state index contributed by atoms with van der Waals surface area (Å²) in [7, 11) is 0. The molecule has 1 aromatic rings. The van der Waals surface area contributed by atoms with Gasteiger partial charge in [0.2, 0.25) is 0 Å². The minimum Gasteiger partial charge on any atom is -0.502 e. The molecule has 1 atom stereocenters. The summed E-state index contributed by atoms with van der Waals surface area (Å²) in [6, 6.07) is -1.78.